The van der Waals surface area contributed by atoms with Crippen molar-refractivity contribution in [1.82, 2.24) is 0 Å². The van der Waals surface area contributed by atoms with Gasteiger partial charge >= 0.3 is 0 Å². The Labute approximate surface area is 108 Å². The number of hydrogen-bond donors (Lipinski definition) is 1. The number of amidine groups is 1. The lowest BCUT2D eigenvalue weighted by Crippen LogP contribution is -2.19. The number of thioether (sulfide) groups is 1. The number of benzene rings is 1. The molecule has 0 fully saturated rings. The van der Waals surface area contributed by atoms with Gasteiger partial charge in [0, 0.05) is 18.0 Å². The minimum atomic E-state index is 0.700. The van der Waals surface area contributed by atoms with Gasteiger partial charge in [-0.25, -0.2) is 0 Å². The lowest BCUT2D eigenvalue weighted by molar-refractivity contribution is 0.674. The Bertz CT molecular complexity index is 429. The normalized spacial score (nSPS) is 20.0. The summed E-state index contributed by atoms with van der Waals surface area (Å²) in [6, 6.07) is 4.43. The molecule has 1 aliphatic rings. The molecule has 0 aliphatic carbocycles. The largest absolute Gasteiger partial charge is 0.335 e. The van der Waals surface area contributed by atoms with Gasteiger partial charge in [-0.1, -0.05) is 36.4 Å². The Hall–Kier alpha value is -0.960. The molecule has 0 aromatic heterocycles. The van der Waals surface area contributed by atoms with Crippen molar-refractivity contribution in [1.29, 1.82) is 0 Å². The molecule has 3 heteroatoms. The second kappa shape index (κ2) is 5.13. The number of nitrogens with one attached hydrogen (secondary N) is 1. The van der Waals surface area contributed by atoms with Gasteiger partial charge in [-0.2, -0.15) is 0 Å². The van der Waals surface area contributed by atoms with Crippen LogP contribution in [0.5, 0.6) is 0 Å². The fraction of sp³-hybridized carbons (Fsp3) is 0.500. The van der Waals surface area contributed by atoms with Gasteiger partial charge < -0.3 is 5.32 Å². The van der Waals surface area contributed by atoms with Crippen molar-refractivity contribution in [2.24, 2.45) is 10.9 Å². The SMILES string of the molecule is Cc1cc(C)c(NC2=NCC(C)CS2)c(C)c1. The maximum Gasteiger partial charge on any atom is 0.161 e. The number of hydrogen-bond acceptors (Lipinski definition) is 3. The second-order valence-electron chi connectivity index (χ2n) is 4.96. The summed E-state index contributed by atoms with van der Waals surface area (Å²) in [5.41, 5.74) is 5.13. The van der Waals surface area contributed by atoms with Crippen LogP contribution < -0.4 is 5.32 Å². The van der Waals surface area contributed by atoms with Crippen LogP contribution in [-0.4, -0.2) is 17.5 Å². The lowest BCUT2D eigenvalue weighted by Gasteiger charge is -2.20. The molecule has 0 saturated carbocycles. The van der Waals surface area contributed by atoms with Gasteiger partial charge in [-0.3, -0.25) is 4.99 Å². The van der Waals surface area contributed by atoms with Crippen LogP contribution in [0.1, 0.15) is 23.6 Å². The van der Waals surface area contributed by atoms with Gasteiger partial charge in [0.05, 0.1) is 0 Å². The average Bonchev–Trinajstić information content (AvgIpc) is 2.26. The Balaban J connectivity index is 2.19. The van der Waals surface area contributed by atoms with Crippen LogP contribution in [0.3, 0.4) is 0 Å². The number of aliphatic imine (C=N–C) groups is 1. The Morgan fingerprint density at radius 1 is 1.24 bits per heavy atom. The molecule has 2 nitrogen and oxygen atoms in total. The molecular formula is C14H20N2S. The van der Waals surface area contributed by atoms with E-state index in [1.54, 1.807) is 0 Å². The van der Waals surface area contributed by atoms with Crippen LogP contribution in [0.4, 0.5) is 5.69 Å². The first-order chi connectivity index (χ1) is 8.06. The molecule has 1 N–H and O–H groups in total. The van der Waals surface area contributed by atoms with Gasteiger partial charge in [0.1, 0.15) is 0 Å². The molecule has 1 aliphatic heterocycles. The van der Waals surface area contributed by atoms with Crippen molar-refractivity contribution in [3.8, 4) is 0 Å². The van der Waals surface area contributed by atoms with Gasteiger partial charge in [0.2, 0.25) is 0 Å². The molecule has 0 saturated heterocycles. The Morgan fingerprint density at radius 3 is 2.41 bits per heavy atom. The standard InChI is InChI=1S/C14H20N2S/c1-9-5-11(3)13(12(4)6-9)16-14-15-7-10(2)8-17-14/h5-6,10H,7-8H2,1-4H3,(H,15,16). The predicted octanol–water partition coefficient (Wildman–Crippen LogP) is 3.76. The average molecular weight is 248 g/mol. The molecule has 0 radical (unpaired) electrons. The third kappa shape index (κ3) is 3.03. The van der Waals surface area contributed by atoms with Crippen LogP contribution in [0.25, 0.3) is 0 Å². The molecule has 1 unspecified atom stereocenters. The minimum absolute atomic E-state index is 0.700. The summed E-state index contributed by atoms with van der Waals surface area (Å²) >= 11 is 1.83. The minimum Gasteiger partial charge on any atom is -0.335 e. The van der Waals surface area contributed by atoms with Crippen LogP contribution in [0, 0.1) is 26.7 Å². The molecule has 1 atom stereocenters. The smallest absolute Gasteiger partial charge is 0.161 e. The summed E-state index contributed by atoms with van der Waals surface area (Å²) in [5.74, 6) is 1.86. The summed E-state index contributed by atoms with van der Waals surface area (Å²) < 4.78 is 0. The van der Waals surface area contributed by atoms with E-state index in [0.29, 0.717) is 5.92 Å². The molecule has 17 heavy (non-hydrogen) atoms. The van der Waals surface area contributed by atoms with Gasteiger partial charge in [-0.05, 0) is 37.8 Å². The van der Waals surface area contributed by atoms with E-state index in [-0.39, 0.29) is 0 Å². The highest BCUT2D eigenvalue weighted by atomic mass is 32.2. The van der Waals surface area contributed by atoms with E-state index in [9.17, 15) is 0 Å². The number of anilines is 1. The summed E-state index contributed by atoms with van der Waals surface area (Å²) in [4.78, 5) is 4.58. The van der Waals surface area contributed by atoms with Crippen molar-refractivity contribution < 1.29 is 0 Å². The molecule has 1 heterocycles. The van der Waals surface area contributed by atoms with Crippen LogP contribution in [0.2, 0.25) is 0 Å². The topological polar surface area (TPSA) is 24.4 Å². The Kier molecular flexibility index (Phi) is 3.77. The van der Waals surface area contributed by atoms with Crippen molar-refractivity contribution in [3.63, 3.8) is 0 Å². The first-order valence-electron chi connectivity index (χ1n) is 6.08. The number of nitrogens with zero attached hydrogens (tertiary/aromatic N) is 1. The lowest BCUT2D eigenvalue weighted by atomic mass is 10.1. The highest BCUT2D eigenvalue weighted by molar-refractivity contribution is 8.14. The van der Waals surface area contributed by atoms with Gasteiger partial charge in [0.25, 0.3) is 0 Å². The van der Waals surface area contributed by atoms with Crippen LogP contribution >= 0.6 is 11.8 Å². The van der Waals surface area contributed by atoms with E-state index >= 15 is 0 Å². The maximum absolute atomic E-state index is 4.58. The summed E-state index contributed by atoms with van der Waals surface area (Å²) in [6.07, 6.45) is 0. The Morgan fingerprint density at radius 2 is 1.88 bits per heavy atom. The van der Waals surface area contributed by atoms with E-state index in [1.807, 2.05) is 11.8 Å². The van der Waals surface area contributed by atoms with Crippen LogP contribution in [0.15, 0.2) is 17.1 Å². The fourth-order valence-electron chi connectivity index (χ4n) is 2.12. The van der Waals surface area contributed by atoms with Crippen molar-refractivity contribution in [2.75, 3.05) is 17.6 Å². The fourth-order valence-corrected chi connectivity index (χ4v) is 3.01. The predicted molar refractivity (Wildman–Crippen MR) is 78.2 cm³/mol. The van der Waals surface area contributed by atoms with E-state index in [1.165, 1.54) is 22.4 Å². The third-order valence-electron chi connectivity index (χ3n) is 2.96. The second-order valence-corrected chi connectivity index (χ2v) is 5.97. The van der Waals surface area contributed by atoms with Crippen LogP contribution in [-0.2, 0) is 0 Å². The highest BCUT2D eigenvalue weighted by Crippen LogP contribution is 2.25. The zero-order valence-corrected chi connectivity index (χ0v) is 11.8. The first-order valence-corrected chi connectivity index (χ1v) is 7.07. The zero-order valence-electron chi connectivity index (χ0n) is 11.0. The molecule has 2 rings (SSSR count). The van der Waals surface area contributed by atoms with Crippen molar-refractivity contribution in [2.45, 2.75) is 27.7 Å². The van der Waals surface area contributed by atoms with E-state index in [0.717, 1.165) is 17.5 Å². The van der Waals surface area contributed by atoms with E-state index in [4.69, 9.17) is 0 Å². The molecule has 0 bridgehead atoms. The molecule has 0 spiro atoms. The van der Waals surface area contributed by atoms with E-state index < -0.39 is 0 Å². The number of rotatable bonds is 1. The molecule has 1 aromatic carbocycles. The monoisotopic (exact) mass is 248 g/mol. The highest BCUT2D eigenvalue weighted by Gasteiger charge is 2.13. The number of aryl methyl sites for hydroxylation is 3. The zero-order chi connectivity index (χ0) is 12.4. The van der Waals surface area contributed by atoms with Crippen molar-refractivity contribution >= 4 is 22.6 Å². The summed E-state index contributed by atoms with van der Waals surface area (Å²) in [6.45, 7) is 9.63. The summed E-state index contributed by atoms with van der Waals surface area (Å²) in [5, 5.41) is 4.55. The first kappa shape index (κ1) is 12.5. The van der Waals surface area contributed by atoms with Gasteiger partial charge in [0.15, 0.2) is 5.17 Å². The van der Waals surface area contributed by atoms with E-state index in [2.05, 4.69) is 50.1 Å². The molecule has 1 aromatic rings. The van der Waals surface area contributed by atoms with Crippen molar-refractivity contribution in [3.05, 3.63) is 28.8 Å². The molecular weight excluding hydrogens is 228 g/mol. The molecule has 92 valence electrons. The molecule has 0 amide bonds. The van der Waals surface area contributed by atoms with Gasteiger partial charge in [-0.15, -0.1) is 0 Å². The third-order valence-corrected chi connectivity index (χ3v) is 4.20. The quantitative estimate of drug-likeness (QED) is 0.818. The summed E-state index contributed by atoms with van der Waals surface area (Å²) in [7, 11) is 0. The maximum atomic E-state index is 4.58.